The predicted octanol–water partition coefficient (Wildman–Crippen LogP) is 10.3. The molecule has 1 saturated heterocycles. The van der Waals surface area contributed by atoms with Gasteiger partial charge in [0.05, 0.1) is 20.1 Å². The monoisotopic (exact) mass is 836 g/mol. The van der Waals surface area contributed by atoms with Crippen LogP contribution >= 0.6 is 0 Å². The van der Waals surface area contributed by atoms with Gasteiger partial charge >= 0.3 is 23.9 Å². The summed E-state index contributed by atoms with van der Waals surface area (Å²) < 4.78 is 18.7. The first-order valence-electron chi connectivity index (χ1n) is 18.1. The van der Waals surface area contributed by atoms with E-state index in [9.17, 15) is 28.8 Å². The second kappa shape index (κ2) is 46.9. The van der Waals surface area contributed by atoms with E-state index < -0.39 is 0 Å². The molecule has 328 valence electrons. The number of carbonyl (C=O) groups is 6. The number of aryl methyl sites for hydroxylation is 1. The third-order valence-electron chi connectivity index (χ3n) is 5.43. The van der Waals surface area contributed by atoms with Crippen LogP contribution in [0.15, 0.2) is 141 Å². The third-order valence-corrected chi connectivity index (χ3v) is 5.43. The first kappa shape index (κ1) is 65.4. The van der Waals surface area contributed by atoms with Crippen molar-refractivity contribution in [2.75, 3.05) is 13.7 Å². The number of rotatable bonds is 8. The Hall–Kier alpha value is -7.48. The molecule has 0 N–H and O–H groups in total. The molecule has 2 aromatic carbocycles. The molecule has 0 bridgehead atoms. The minimum Gasteiger partial charge on any atom is -0.469 e. The maximum Gasteiger partial charge on any atom is 0.338 e. The van der Waals surface area contributed by atoms with E-state index in [1.165, 1.54) is 33.1 Å². The van der Waals surface area contributed by atoms with Crippen molar-refractivity contribution in [3.63, 3.8) is 0 Å². The number of methoxy groups -OCH3 is 1. The van der Waals surface area contributed by atoms with Crippen molar-refractivity contribution in [2.24, 2.45) is 0 Å². The fourth-order valence-corrected chi connectivity index (χ4v) is 2.23. The number of benzene rings is 2. The van der Waals surface area contributed by atoms with Crippen LogP contribution in [-0.4, -0.2) is 49.2 Å². The Balaban J connectivity index is -0.000000146. The number of cyclic esters (lactones) is 1. The molecule has 1 heterocycles. The molecule has 0 spiro atoms. The van der Waals surface area contributed by atoms with Crippen LogP contribution in [0.1, 0.15) is 73.8 Å². The predicted molar refractivity (Wildman–Crippen MR) is 249 cm³/mol. The summed E-state index contributed by atoms with van der Waals surface area (Å²) in [4.78, 5) is 62.2. The van der Waals surface area contributed by atoms with Gasteiger partial charge in [0.25, 0.3) is 0 Å². The van der Waals surface area contributed by atoms with Gasteiger partial charge in [0.1, 0.15) is 11.5 Å². The van der Waals surface area contributed by atoms with E-state index >= 15 is 0 Å². The molecule has 0 atom stereocenters. The average molecular weight is 837 g/mol. The standard InChI is InChI=1S/C11H12O2.C10H10O2.C5H6O2.C5H8O2.C5H8O.C5H4.C4H6O.C3H6.C3H4/c1-8(2)11(12)13-10-6-4-9(3)5-7-10;1-8(2)10(11)12-9-6-4-3-5-7-9;1-4-2-3-7-5(4)6;1-3-4-5(6)7-2;1-4(2)5(3)6;1-3-5-4-2;1-3-4(2)5;2*1-3-2/h4-7H,1H2,2-3H3;3-7H,1H2,2H3;1-3H2;3H,1,4H2,2H3;1H2,2-3H3;1H,2H3;3H,1H2,2H3;3H,1H2,2H3;1H,2H3. The molecule has 1 aliphatic rings. The van der Waals surface area contributed by atoms with Crippen LogP contribution < -0.4 is 9.47 Å². The van der Waals surface area contributed by atoms with Crippen molar-refractivity contribution < 1.29 is 47.7 Å². The normalized spacial score (nSPS) is 8.85. The highest BCUT2D eigenvalue weighted by atomic mass is 16.5. The van der Waals surface area contributed by atoms with Crippen LogP contribution in [0.2, 0.25) is 0 Å². The first-order valence-corrected chi connectivity index (χ1v) is 18.1. The average Bonchev–Trinajstić information content (AvgIpc) is 3.59. The largest absolute Gasteiger partial charge is 0.469 e. The Morgan fingerprint density at radius 1 is 0.787 bits per heavy atom. The van der Waals surface area contributed by atoms with Gasteiger partial charge in [-0.3, -0.25) is 14.4 Å². The Morgan fingerprint density at radius 2 is 1.18 bits per heavy atom. The lowest BCUT2D eigenvalue weighted by Gasteiger charge is -2.02. The summed E-state index contributed by atoms with van der Waals surface area (Å²) in [6.45, 7) is 39.4. The van der Waals surface area contributed by atoms with E-state index in [0.717, 1.165) is 5.56 Å². The summed E-state index contributed by atoms with van der Waals surface area (Å²) >= 11 is 0. The van der Waals surface area contributed by atoms with Gasteiger partial charge in [-0.1, -0.05) is 86.9 Å². The molecule has 10 nitrogen and oxygen atoms in total. The zero-order valence-corrected chi connectivity index (χ0v) is 37.7. The minimum absolute atomic E-state index is 0.0185. The van der Waals surface area contributed by atoms with E-state index in [1.54, 1.807) is 77.1 Å². The summed E-state index contributed by atoms with van der Waals surface area (Å²) in [6, 6.07) is 16.2. The fraction of sp³-hybridized carbons (Fsp3) is 0.255. The van der Waals surface area contributed by atoms with Gasteiger partial charge in [0.15, 0.2) is 11.6 Å². The van der Waals surface area contributed by atoms with Crippen molar-refractivity contribution in [1.29, 1.82) is 0 Å². The van der Waals surface area contributed by atoms with Crippen molar-refractivity contribution >= 4 is 35.4 Å². The van der Waals surface area contributed by atoms with Gasteiger partial charge in [-0.2, -0.15) is 0 Å². The Kier molecular flexibility index (Phi) is 50.3. The maximum atomic E-state index is 11.1. The fourth-order valence-electron chi connectivity index (χ4n) is 2.23. The zero-order valence-electron chi connectivity index (χ0n) is 37.7. The van der Waals surface area contributed by atoms with Gasteiger partial charge < -0.3 is 18.9 Å². The van der Waals surface area contributed by atoms with Crippen LogP contribution in [0.4, 0.5) is 0 Å². The number of allylic oxidation sites excluding steroid dienone is 3. The van der Waals surface area contributed by atoms with E-state index in [1.807, 2.05) is 32.0 Å². The second-order valence-corrected chi connectivity index (χ2v) is 11.4. The number of Topliss-reactive ketones (excluding diaryl/α,β-unsaturated/α-hetero) is 1. The summed E-state index contributed by atoms with van der Waals surface area (Å²) in [5, 5.41) is 0. The number of carbonyl (C=O) groups excluding carboxylic acids is 6. The Bertz CT molecular complexity index is 1830. The van der Waals surface area contributed by atoms with Crippen molar-refractivity contribution in [2.45, 2.75) is 75.2 Å². The van der Waals surface area contributed by atoms with Crippen LogP contribution in [0.25, 0.3) is 0 Å². The molecule has 61 heavy (non-hydrogen) atoms. The summed E-state index contributed by atoms with van der Waals surface area (Å²) in [6.07, 6.45) is 14.9. The number of para-hydroxylation sites is 1. The first-order chi connectivity index (χ1) is 28.6. The number of esters is 4. The van der Waals surface area contributed by atoms with Crippen LogP contribution in [-0.2, 0) is 38.2 Å². The number of terminal acetylenes is 2. The highest BCUT2D eigenvalue weighted by Gasteiger charge is 2.14. The van der Waals surface area contributed by atoms with E-state index in [-0.39, 0.29) is 35.4 Å². The van der Waals surface area contributed by atoms with Gasteiger partial charge in [-0.15, -0.1) is 31.9 Å². The lowest BCUT2D eigenvalue weighted by Crippen LogP contribution is -2.07. The molecule has 3 rings (SSSR count). The lowest BCUT2D eigenvalue weighted by atomic mass is 10.2. The zero-order chi connectivity index (χ0) is 48.8. The van der Waals surface area contributed by atoms with Gasteiger partial charge in [-0.05, 0) is 110 Å². The molecule has 0 aliphatic carbocycles. The molecule has 10 heteroatoms. The summed E-state index contributed by atoms with van der Waals surface area (Å²) in [7, 11) is 1.35. The van der Waals surface area contributed by atoms with E-state index in [0.29, 0.717) is 53.2 Å². The minimum atomic E-state index is -0.388. The van der Waals surface area contributed by atoms with Crippen LogP contribution in [0, 0.1) is 43.5 Å². The molecular weight excluding hydrogens is 773 g/mol. The highest BCUT2D eigenvalue weighted by molar-refractivity contribution is 5.92. The van der Waals surface area contributed by atoms with Crippen LogP contribution in [0.5, 0.6) is 11.5 Å². The molecular formula is C51H64O10. The van der Waals surface area contributed by atoms with Gasteiger partial charge in [0.2, 0.25) is 0 Å². The lowest BCUT2D eigenvalue weighted by molar-refractivity contribution is -0.139. The maximum absolute atomic E-state index is 11.1. The molecule has 0 radical (unpaired) electrons. The van der Waals surface area contributed by atoms with Crippen molar-refractivity contribution in [3.8, 4) is 48.0 Å². The topological polar surface area (TPSA) is 139 Å². The number of ketones is 2. The number of hydrogen-bond donors (Lipinski definition) is 0. The molecule has 2 aromatic rings. The summed E-state index contributed by atoms with van der Waals surface area (Å²) in [5.41, 5.74) is 3.16. The van der Waals surface area contributed by atoms with Crippen LogP contribution in [0.3, 0.4) is 0 Å². The molecule has 0 unspecified atom stereocenters. The van der Waals surface area contributed by atoms with Crippen molar-refractivity contribution in [1.82, 2.24) is 0 Å². The molecule has 1 aliphatic heterocycles. The second-order valence-electron chi connectivity index (χ2n) is 11.4. The Labute approximate surface area is 365 Å². The molecule has 0 saturated carbocycles. The Morgan fingerprint density at radius 3 is 1.38 bits per heavy atom. The highest BCUT2D eigenvalue weighted by Crippen LogP contribution is 2.13. The molecule has 1 fully saturated rings. The van der Waals surface area contributed by atoms with E-state index in [2.05, 4.69) is 85.6 Å². The third kappa shape index (κ3) is 54.7. The molecule has 0 amide bonds. The van der Waals surface area contributed by atoms with Crippen molar-refractivity contribution in [3.05, 3.63) is 147 Å². The van der Waals surface area contributed by atoms with E-state index in [4.69, 9.17) is 15.9 Å². The smallest absolute Gasteiger partial charge is 0.338 e. The number of hydrogen-bond acceptors (Lipinski definition) is 10. The SMILES string of the molecule is C#CC.C#CC#CC.C=C(C)C(=O)Oc1ccc(C)cc1.C=C(C)C(=O)Oc1ccccc1.C=C(C)C(C)=O.C=C1CCOC1=O.C=CC.C=CC(C)=O.C=CCC(=O)OC. The van der Waals surface area contributed by atoms with Gasteiger partial charge in [-0.25, -0.2) is 14.4 Å². The quantitative estimate of drug-likeness (QED) is 0.0830. The number of ether oxygens (including phenoxy) is 4. The molecule has 0 aromatic heterocycles. The summed E-state index contributed by atoms with van der Waals surface area (Å²) in [5.74, 6) is 9.26. The van der Waals surface area contributed by atoms with Gasteiger partial charge in [0, 0.05) is 23.1 Å².